The number of nitrogens with two attached hydrogens (primary N) is 1. The normalized spacial score (nSPS) is 12.6. The molecule has 1 heterocycles. The van der Waals surface area contributed by atoms with E-state index >= 15 is 0 Å². The Balaban J connectivity index is 2.20. The minimum absolute atomic E-state index is 0.00165. The number of aryl methyl sites for hydroxylation is 3. The fourth-order valence-electron chi connectivity index (χ4n) is 2.15. The zero-order valence-electron chi connectivity index (χ0n) is 11.8. The summed E-state index contributed by atoms with van der Waals surface area (Å²) in [6.07, 6.45) is 3.60. The van der Waals surface area contributed by atoms with Gasteiger partial charge in [-0.1, -0.05) is 18.2 Å². The summed E-state index contributed by atoms with van der Waals surface area (Å²) >= 11 is 0. The molecule has 0 aliphatic heterocycles. The number of hydrogen-bond acceptors (Lipinski definition) is 2. The molecule has 4 heteroatoms. The Hall–Kier alpha value is -1.81. The van der Waals surface area contributed by atoms with Crippen LogP contribution in [0.2, 0.25) is 0 Å². The second kappa shape index (κ2) is 5.45. The van der Waals surface area contributed by atoms with E-state index in [1.165, 1.54) is 11.1 Å². The van der Waals surface area contributed by atoms with Crippen LogP contribution in [0.1, 0.15) is 29.7 Å². The predicted octanol–water partition coefficient (Wildman–Crippen LogP) is 1.99. The van der Waals surface area contributed by atoms with E-state index in [-0.39, 0.29) is 11.7 Å². The van der Waals surface area contributed by atoms with Crippen LogP contribution >= 0.6 is 0 Å². The third kappa shape index (κ3) is 2.79. The summed E-state index contributed by atoms with van der Waals surface area (Å²) in [5, 5.41) is 0. The first-order chi connectivity index (χ1) is 9.02. The van der Waals surface area contributed by atoms with Crippen LogP contribution < -0.4 is 11.4 Å². The first-order valence-corrected chi connectivity index (χ1v) is 6.61. The lowest BCUT2D eigenvalue weighted by molar-refractivity contribution is 0.547. The van der Waals surface area contributed by atoms with Gasteiger partial charge in [0.2, 0.25) is 0 Å². The van der Waals surface area contributed by atoms with Gasteiger partial charge in [-0.3, -0.25) is 9.13 Å². The van der Waals surface area contributed by atoms with E-state index in [9.17, 15) is 4.79 Å². The van der Waals surface area contributed by atoms with Crippen LogP contribution in [0.3, 0.4) is 0 Å². The van der Waals surface area contributed by atoms with Crippen LogP contribution in [0.25, 0.3) is 0 Å². The second-order valence-corrected chi connectivity index (χ2v) is 4.97. The molecule has 0 spiro atoms. The van der Waals surface area contributed by atoms with Gasteiger partial charge >= 0.3 is 5.69 Å². The van der Waals surface area contributed by atoms with Gasteiger partial charge in [0.1, 0.15) is 0 Å². The molecular formula is C15H21N3O. The largest absolute Gasteiger partial charge is 0.328 e. The van der Waals surface area contributed by atoms with E-state index < -0.39 is 0 Å². The minimum atomic E-state index is -0.162. The van der Waals surface area contributed by atoms with Crippen LogP contribution in [0.4, 0.5) is 0 Å². The van der Waals surface area contributed by atoms with Gasteiger partial charge in [-0.05, 0) is 37.5 Å². The molecule has 0 amide bonds. The van der Waals surface area contributed by atoms with Crippen LogP contribution in [0.5, 0.6) is 0 Å². The average Bonchev–Trinajstić information content (AvgIpc) is 2.73. The Morgan fingerprint density at radius 1 is 1.16 bits per heavy atom. The molecule has 1 unspecified atom stereocenters. The Kier molecular flexibility index (Phi) is 3.90. The number of hydrogen-bond donors (Lipinski definition) is 1. The highest BCUT2D eigenvalue weighted by molar-refractivity contribution is 5.31. The third-order valence-electron chi connectivity index (χ3n) is 3.61. The smallest absolute Gasteiger partial charge is 0.322 e. The van der Waals surface area contributed by atoms with Gasteiger partial charge in [-0.25, -0.2) is 4.79 Å². The zero-order chi connectivity index (χ0) is 14.0. The Bertz CT molecular complexity index is 625. The van der Waals surface area contributed by atoms with Crippen LogP contribution in [-0.2, 0) is 13.1 Å². The standard InChI is InChI=1S/C15H21N3O/c1-4-17-7-8-18(15(17)19)10-14(16)13-6-5-11(2)12(3)9-13/h5-9,14H,4,10,16H2,1-3H3. The van der Waals surface area contributed by atoms with Gasteiger partial charge in [0.15, 0.2) is 0 Å². The van der Waals surface area contributed by atoms with Crippen molar-refractivity contribution >= 4 is 0 Å². The molecule has 0 saturated heterocycles. The van der Waals surface area contributed by atoms with E-state index in [0.717, 1.165) is 5.56 Å². The molecule has 1 aromatic carbocycles. The molecule has 0 fully saturated rings. The minimum Gasteiger partial charge on any atom is -0.322 e. The molecule has 2 aromatic rings. The SMILES string of the molecule is CCn1ccn(CC(N)c2ccc(C)c(C)c2)c1=O. The highest BCUT2D eigenvalue weighted by Gasteiger charge is 2.10. The summed E-state index contributed by atoms with van der Waals surface area (Å²) in [4.78, 5) is 12.0. The third-order valence-corrected chi connectivity index (χ3v) is 3.61. The Labute approximate surface area is 113 Å². The van der Waals surface area contributed by atoms with Crippen molar-refractivity contribution in [3.8, 4) is 0 Å². The van der Waals surface area contributed by atoms with Crippen molar-refractivity contribution in [3.63, 3.8) is 0 Å². The van der Waals surface area contributed by atoms with Gasteiger partial charge < -0.3 is 5.73 Å². The molecule has 1 atom stereocenters. The molecule has 0 aliphatic carbocycles. The highest BCUT2D eigenvalue weighted by Crippen LogP contribution is 2.16. The number of nitrogens with zero attached hydrogens (tertiary/aromatic N) is 2. The molecule has 2 N–H and O–H groups in total. The van der Waals surface area contributed by atoms with Crippen molar-refractivity contribution in [2.75, 3.05) is 0 Å². The molecule has 0 bridgehead atoms. The molecule has 19 heavy (non-hydrogen) atoms. The van der Waals surface area contributed by atoms with Crippen LogP contribution in [0, 0.1) is 13.8 Å². The summed E-state index contributed by atoms with van der Waals surface area (Å²) in [7, 11) is 0. The van der Waals surface area contributed by atoms with Gasteiger partial charge in [-0.2, -0.15) is 0 Å². The molecule has 1 aromatic heterocycles. The first kappa shape index (κ1) is 13.6. The molecule has 102 valence electrons. The monoisotopic (exact) mass is 259 g/mol. The maximum atomic E-state index is 12.0. The van der Waals surface area contributed by atoms with E-state index in [1.54, 1.807) is 21.5 Å². The molecular weight excluding hydrogens is 238 g/mol. The van der Waals surface area contributed by atoms with E-state index in [1.807, 2.05) is 13.0 Å². The Morgan fingerprint density at radius 3 is 2.42 bits per heavy atom. The quantitative estimate of drug-likeness (QED) is 0.913. The number of benzene rings is 1. The summed E-state index contributed by atoms with van der Waals surface area (Å²) in [6.45, 7) is 7.30. The highest BCUT2D eigenvalue weighted by atomic mass is 16.1. The summed E-state index contributed by atoms with van der Waals surface area (Å²) in [5.41, 5.74) is 9.75. The van der Waals surface area contributed by atoms with Crippen molar-refractivity contribution in [3.05, 3.63) is 57.8 Å². The average molecular weight is 259 g/mol. The van der Waals surface area contributed by atoms with Crippen molar-refractivity contribution in [1.82, 2.24) is 9.13 Å². The van der Waals surface area contributed by atoms with Gasteiger partial charge in [0, 0.05) is 31.5 Å². The van der Waals surface area contributed by atoms with E-state index in [4.69, 9.17) is 5.73 Å². The van der Waals surface area contributed by atoms with Gasteiger partial charge in [0.05, 0.1) is 0 Å². The first-order valence-electron chi connectivity index (χ1n) is 6.61. The number of aromatic nitrogens is 2. The lowest BCUT2D eigenvalue weighted by atomic mass is 10.0. The van der Waals surface area contributed by atoms with Crippen LogP contribution in [0.15, 0.2) is 35.4 Å². The number of rotatable bonds is 4. The van der Waals surface area contributed by atoms with Crippen molar-refractivity contribution in [1.29, 1.82) is 0 Å². The summed E-state index contributed by atoms with van der Waals surface area (Å²) < 4.78 is 3.34. The van der Waals surface area contributed by atoms with Crippen LogP contribution in [-0.4, -0.2) is 9.13 Å². The van der Waals surface area contributed by atoms with E-state index in [0.29, 0.717) is 13.1 Å². The molecule has 2 rings (SSSR count). The molecule has 0 saturated carbocycles. The molecule has 0 aliphatic rings. The van der Waals surface area contributed by atoms with Crippen molar-refractivity contribution in [2.24, 2.45) is 5.73 Å². The fraction of sp³-hybridized carbons (Fsp3) is 0.400. The lowest BCUT2D eigenvalue weighted by Gasteiger charge is -2.14. The molecule has 0 radical (unpaired) electrons. The number of imidazole rings is 1. The fourth-order valence-corrected chi connectivity index (χ4v) is 2.15. The van der Waals surface area contributed by atoms with Crippen molar-refractivity contribution in [2.45, 2.75) is 39.9 Å². The maximum Gasteiger partial charge on any atom is 0.328 e. The Morgan fingerprint density at radius 2 is 1.84 bits per heavy atom. The van der Waals surface area contributed by atoms with Crippen molar-refractivity contribution < 1.29 is 0 Å². The summed E-state index contributed by atoms with van der Waals surface area (Å²) in [5.74, 6) is 0. The molecule has 4 nitrogen and oxygen atoms in total. The zero-order valence-corrected chi connectivity index (χ0v) is 11.8. The second-order valence-electron chi connectivity index (χ2n) is 4.97. The maximum absolute atomic E-state index is 12.0. The van der Waals surface area contributed by atoms with E-state index in [2.05, 4.69) is 26.0 Å². The van der Waals surface area contributed by atoms with Gasteiger partial charge in [-0.15, -0.1) is 0 Å². The lowest BCUT2D eigenvalue weighted by Crippen LogP contribution is -2.28. The van der Waals surface area contributed by atoms with Gasteiger partial charge in [0.25, 0.3) is 0 Å². The predicted molar refractivity (Wildman–Crippen MR) is 77.2 cm³/mol. The topological polar surface area (TPSA) is 52.9 Å². The summed E-state index contributed by atoms with van der Waals surface area (Å²) in [6, 6.07) is 6.05.